The topological polar surface area (TPSA) is 86.3 Å². The number of imidazole rings is 1. The summed E-state index contributed by atoms with van der Waals surface area (Å²) in [5, 5.41) is 3.74. The molecule has 0 saturated heterocycles. The zero-order chi connectivity index (χ0) is 23.0. The molecule has 0 aromatic carbocycles. The molecule has 0 bridgehead atoms. The summed E-state index contributed by atoms with van der Waals surface area (Å²) in [6, 6.07) is 1.91. The number of rotatable bonds is 5. The fraction of sp³-hybridized carbons (Fsp3) is 0.350. The Morgan fingerprint density at radius 3 is 2.66 bits per heavy atom. The monoisotopic (exact) mass is 464 g/mol. The van der Waals surface area contributed by atoms with Crippen LogP contribution in [0.25, 0.3) is 11.2 Å². The molecule has 1 saturated carbocycles. The first-order valence-corrected chi connectivity index (χ1v) is 10.3. The van der Waals surface area contributed by atoms with E-state index >= 15 is 0 Å². The largest absolute Gasteiger partial charge is 0.481 e. The van der Waals surface area contributed by atoms with Crippen LogP contribution in [0.2, 0.25) is 0 Å². The highest BCUT2D eigenvalue weighted by Gasteiger charge is 2.44. The van der Waals surface area contributed by atoms with Crippen LogP contribution in [0, 0.1) is 0 Å². The van der Waals surface area contributed by atoms with Crippen LogP contribution in [-0.4, -0.2) is 46.5 Å². The van der Waals surface area contributed by atoms with Crippen molar-refractivity contribution in [2.75, 3.05) is 14.2 Å². The first-order valence-electron chi connectivity index (χ1n) is 9.48. The van der Waals surface area contributed by atoms with Gasteiger partial charge in [-0.25, -0.2) is 19.5 Å². The fourth-order valence-corrected chi connectivity index (χ4v) is 4.43. The number of fused-ring (bicyclic) bond motifs is 1. The normalized spacial score (nSPS) is 19.6. The van der Waals surface area contributed by atoms with Crippen molar-refractivity contribution in [3.05, 3.63) is 51.7 Å². The van der Waals surface area contributed by atoms with Gasteiger partial charge in [-0.15, -0.1) is 11.3 Å². The molecule has 1 fully saturated rings. The molecule has 168 valence electrons. The van der Waals surface area contributed by atoms with Crippen molar-refractivity contribution >= 4 is 35.3 Å². The molecule has 3 aromatic rings. The molecule has 3 heterocycles. The third-order valence-corrected chi connectivity index (χ3v) is 6.30. The molecule has 32 heavy (non-hydrogen) atoms. The summed E-state index contributed by atoms with van der Waals surface area (Å²) in [4.78, 5) is 16.4. The molecule has 8 nitrogen and oxygen atoms in total. The molecular formula is C20H19F3N6O2S. The number of halogens is 3. The number of methoxy groups -OCH3 is 2. The summed E-state index contributed by atoms with van der Waals surface area (Å²) in [5.41, 5.74) is 2.75. The number of aromatic nitrogens is 4. The van der Waals surface area contributed by atoms with Gasteiger partial charge in [0.2, 0.25) is 5.88 Å². The van der Waals surface area contributed by atoms with Gasteiger partial charge in [-0.05, 0) is 32.0 Å². The van der Waals surface area contributed by atoms with Crippen LogP contribution in [0.3, 0.4) is 0 Å². The quantitative estimate of drug-likeness (QED) is 0.315. The van der Waals surface area contributed by atoms with Crippen LogP contribution in [0.15, 0.2) is 40.5 Å². The van der Waals surface area contributed by atoms with E-state index < -0.39 is 11.2 Å². The van der Waals surface area contributed by atoms with E-state index in [0.717, 1.165) is 5.56 Å². The predicted octanol–water partition coefficient (Wildman–Crippen LogP) is 4.51. The van der Waals surface area contributed by atoms with Crippen molar-refractivity contribution in [3.8, 4) is 0 Å². The maximum Gasteiger partial charge on any atom is 0.443 e. The van der Waals surface area contributed by atoms with E-state index in [1.807, 2.05) is 6.07 Å². The molecule has 4 rings (SSSR count). The molecule has 1 aliphatic carbocycles. The molecule has 3 aromatic heterocycles. The average Bonchev–Trinajstić information content (AvgIpc) is 3.16. The number of aliphatic imine (C=N–C) groups is 2. The fourth-order valence-electron chi connectivity index (χ4n) is 3.46. The van der Waals surface area contributed by atoms with Gasteiger partial charge in [-0.3, -0.25) is 0 Å². The van der Waals surface area contributed by atoms with Gasteiger partial charge in [0.05, 0.1) is 19.9 Å². The van der Waals surface area contributed by atoms with E-state index in [4.69, 9.17) is 9.47 Å². The van der Waals surface area contributed by atoms with Gasteiger partial charge >= 0.3 is 12.2 Å². The van der Waals surface area contributed by atoms with E-state index in [-0.39, 0.29) is 23.7 Å². The summed E-state index contributed by atoms with van der Waals surface area (Å²) >= 11 is 0.691. The van der Waals surface area contributed by atoms with E-state index in [0.29, 0.717) is 39.5 Å². The Hall–Kier alpha value is -3.28. The minimum atomic E-state index is -4.44. The predicted molar refractivity (Wildman–Crippen MR) is 114 cm³/mol. The summed E-state index contributed by atoms with van der Waals surface area (Å²) in [5.74, 6) is 0.209. The number of thiazole rings is 1. The molecule has 0 aliphatic heterocycles. The van der Waals surface area contributed by atoms with Crippen LogP contribution in [0.5, 0.6) is 0 Å². The lowest BCUT2D eigenvalue weighted by Gasteiger charge is -2.10. The summed E-state index contributed by atoms with van der Waals surface area (Å²) in [7, 11) is 2.88. The van der Waals surface area contributed by atoms with E-state index in [1.54, 1.807) is 23.8 Å². The Labute approximate surface area is 185 Å². The Morgan fingerprint density at radius 2 is 2.03 bits per heavy atom. The van der Waals surface area contributed by atoms with Crippen LogP contribution in [0.1, 0.15) is 46.3 Å². The zero-order valence-corrected chi connectivity index (χ0v) is 18.2. The van der Waals surface area contributed by atoms with Crippen molar-refractivity contribution in [2.45, 2.75) is 31.4 Å². The number of hydrogen-bond acceptors (Lipinski definition) is 7. The van der Waals surface area contributed by atoms with Gasteiger partial charge in [0.1, 0.15) is 0 Å². The van der Waals surface area contributed by atoms with Crippen molar-refractivity contribution < 1.29 is 22.6 Å². The summed E-state index contributed by atoms with van der Waals surface area (Å²) < 4.78 is 50.9. The smallest absolute Gasteiger partial charge is 0.443 e. The van der Waals surface area contributed by atoms with E-state index in [1.165, 1.54) is 20.4 Å². The Balaban J connectivity index is 1.72. The minimum absolute atomic E-state index is 0.00913. The van der Waals surface area contributed by atoms with E-state index in [9.17, 15) is 13.2 Å². The molecule has 2 atom stereocenters. The summed E-state index contributed by atoms with van der Waals surface area (Å²) in [6.07, 6.45) is 0.926. The number of ether oxygens (including phenoxy) is 2. The van der Waals surface area contributed by atoms with Crippen LogP contribution in [0.4, 0.5) is 13.2 Å². The second-order valence-corrected chi connectivity index (χ2v) is 8.15. The molecule has 0 unspecified atom stereocenters. The third-order valence-electron chi connectivity index (χ3n) is 5.12. The van der Waals surface area contributed by atoms with Crippen molar-refractivity contribution in [1.29, 1.82) is 0 Å². The number of hydrogen-bond donors (Lipinski definition) is 0. The SMILES string of the molecule is C=NC(=N/C(OC)=C(\C)c1cc([C@H]2C[C@@H]2c2cnc(C(F)(F)F)s2)c2nccn2n1)OC. The molecule has 0 amide bonds. The van der Waals surface area contributed by atoms with Gasteiger partial charge in [-0.1, -0.05) is 0 Å². The van der Waals surface area contributed by atoms with Gasteiger partial charge in [0.25, 0.3) is 0 Å². The number of alkyl halides is 3. The van der Waals surface area contributed by atoms with Crippen LogP contribution >= 0.6 is 11.3 Å². The maximum absolute atomic E-state index is 12.9. The highest BCUT2D eigenvalue weighted by atomic mass is 32.1. The third kappa shape index (κ3) is 4.09. The molecule has 0 radical (unpaired) electrons. The average molecular weight is 464 g/mol. The Bertz CT molecular complexity index is 1230. The number of amidine groups is 1. The molecule has 12 heteroatoms. The Morgan fingerprint density at radius 1 is 1.25 bits per heavy atom. The first-order chi connectivity index (χ1) is 15.3. The van der Waals surface area contributed by atoms with E-state index in [2.05, 4.69) is 31.8 Å². The maximum atomic E-state index is 12.9. The lowest BCUT2D eigenvalue weighted by atomic mass is 10.1. The second kappa shape index (κ2) is 8.34. The Kier molecular flexibility index (Phi) is 5.71. The molecular weight excluding hydrogens is 445 g/mol. The molecule has 0 N–H and O–H groups in total. The number of nitrogens with zero attached hydrogens (tertiary/aromatic N) is 6. The highest BCUT2D eigenvalue weighted by molar-refractivity contribution is 7.11. The second-order valence-electron chi connectivity index (χ2n) is 7.09. The number of allylic oxidation sites excluding steroid dienone is 1. The van der Waals surface area contributed by atoms with Gasteiger partial charge in [-0.2, -0.15) is 23.3 Å². The summed E-state index contributed by atoms with van der Waals surface area (Å²) in [6.45, 7) is 5.19. The van der Waals surface area contributed by atoms with Gasteiger partial charge in [0.15, 0.2) is 10.7 Å². The molecule has 0 spiro atoms. The van der Waals surface area contributed by atoms with Gasteiger partial charge in [0, 0.05) is 40.5 Å². The lowest BCUT2D eigenvalue weighted by Crippen LogP contribution is -2.04. The van der Waals surface area contributed by atoms with Crippen molar-refractivity contribution in [1.82, 2.24) is 19.6 Å². The van der Waals surface area contributed by atoms with Crippen LogP contribution in [-0.2, 0) is 15.7 Å². The standard InChI is InChI=1S/C20H19F3N6O2S/c1-10(17(30-3)27-19(24-2)31-4)14-8-13(16-25-5-6-29(16)28-14)11-7-12(11)15-9-26-18(32-15)20(21,22)23/h5-6,8-9,11-12H,2,7H2,1,3-4H3/b17-10-,27-19?/t11-,12-/m0/s1. The zero-order valence-electron chi connectivity index (χ0n) is 17.4. The minimum Gasteiger partial charge on any atom is -0.481 e. The lowest BCUT2D eigenvalue weighted by molar-refractivity contribution is -0.137. The molecule has 1 aliphatic rings. The van der Waals surface area contributed by atoms with Crippen molar-refractivity contribution in [3.63, 3.8) is 0 Å². The highest BCUT2D eigenvalue weighted by Crippen LogP contribution is 2.57. The van der Waals surface area contributed by atoms with Crippen molar-refractivity contribution in [2.24, 2.45) is 9.98 Å². The van der Waals surface area contributed by atoms with Gasteiger partial charge < -0.3 is 9.47 Å². The first kappa shape index (κ1) is 21.9. The van der Waals surface area contributed by atoms with Crippen LogP contribution < -0.4 is 0 Å².